The van der Waals surface area contributed by atoms with Crippen molar-refractivity contribution in [1.29, 1.82) is 0 Å². The number of carbonyl (C=O) groups excluding carboxylic acids is 2. The van der Waals surface area contributed by atoms with Crippen LogP contribution in [0.15, 0.2) is 24.3 Å². The van der Waals surface area contributed by atoms with E-state index in [9.17, 15) is 18.0 Å². The van der Waals surface area contributed by atoms with Crippen molar-refractivity contribution >= 4 is 27.6 Å². The molecule has 0 aromatic heterocycles. The van der Waals surface area contributed by atoms with E-state index in [4.69, 9.17) is 0 Å². The predicted molar refractivity (Wildman–Crippen MR) is 92.4 cm³/mol. The highest BCUT2D eigenvalue weighted by Crippen LogP contribution is 2.18. The van der Waals surface area contributed by atoms with Gasteiger partial charge in [0, 0.05) is 13.0 Å². The highest BCUT2D eigenvalue weighted by molar-refractivity contribution is 7.92. The van der Waals surface area contributed by atoms with Gasteiger partial charge >= 0.3 is 5.97 Å². The largest absolute Gasteiger partial charge is 0.465 e. The molecular formula is C16H24N2O5S. The lowest BCUT2D eigenvalue weighted by Crippen LogP contribution is -2.38. The summed E-state index contributed by atoms with van der Waals surface area (Å²) in [6.45, 7) is 4.19. The monoisotopic (exact) mass is 356 g/mol. The van der Waals surface area contributed by atoms with Crippen molar-refractivity contribution in [3.8, 4) is 0 Å². The summed E-state index contributed by atoms with van der Waals surface area (Å²) >= 11 is 0. The van der Waals surface area contributed by atoms with E-state index in [1.165, 1.54) is 35.7 Å². The predicted octanol–water partition coefficient (Wildman–Crippen LogP) is 1.40. The molecule has 1 rings (SSSR count). The van der Waals surface area contributed by atoms with Crippen LogP contribution in [0, 0.1) is 5.92 Å². The lowest BCUT2D eigenvalue weighted by atomic mass is 10.1. The van der Waals surface area contributed by atoms with Gasteiger partial charge in [-0.15, -0.1) is 0 Å². The maximum Gasteiger partial charge on any atom is 0.337 e. The number of rotatable bonds is 8. The molecule has 8 heteroatoms. The maximum absolute atomic E-state index is 12.0. The minimum absolute atomic E-state index is 0.111. The van der Waals surface area contributed by atoms with Crippen molar-refractivity contribution < 1.29 is 22.7 Å². The third-order valence-corrected chi connectivity index (χ3v) is 4.40. The number of nitrogens with one attached hydrogen (secondary N) is 1. The summed E-state index contributed by atoms with van der Waals surface area (Å²) in [5, 5.41) is 2.71. The summed E-state index contributed by atoms with van der Waals surface area (Å²) in [5.41, 5.74) is 0.753. The molecule has 0 saturated carbocycles. The third-order valence-electron chi connectivity index (χ3n) is 3.21. The molecule has 0 saturated heterocycles. The summed E-state index contributed by atoms with van der Waals surface area (Å²) in [4.78, 5) is 23.1. The Morgan fingerprint density at radius 1 is 1.21 bits per heavy atom. The van der Waals surface area contributed by atoms with Crippen LogP contribution in [0.25, 0.3) is 0 Å². The van der Waals surface area contributed by atoms with Gasteiger partial charge in [-0.25, -0.2) is 13.2 Å². The Morgan fingerprint density at radius 2 is 1.79 bits per heavy atom. The topological polar surface area (TPSA) is 92.8 Å². The third kappa shape index (κ3) is 6.19. The van der Waals surface area contributed by atoms with Gasteiger partial charge in [0.2, 0.25) is 15.9 Å². The van der Waals surface area contributed by atoms with Gasteiger partial charge in [-0.1, -0.05) is 13.8 Å². The standard InChI is InChI=1S/C16H24N2O5S/c1-12(2)11-15(19)17-9-10-18(24(4,21)22)14-7-5-13(6-8-14)16(20)23-3/h5-8,12H,9-11H2,1-4H3,(H,17,19). The van der Waals surface area contributed by atoms with Gasteiger partial charge in [-0.05, 0) is 30.2 Å². The molecule has 1 aromatic rings. The van der Waals surface area contributed by atoms with Crippen LogP contribution < -0.4 is 9.62 Å². The van der Waals surface area contributed by atoms with Gasteiger partial charge in [0.15, 0.2) is 0 Å². The lowest BCUT2D eigenvalue weighted by molar-refractivity contribution is -0.121. The number of esters is 1. The van der Waals surface area contributed by atoms with Crippen LogP contribution >= 0.6 is 0 Å². The second-order valence-electron chi connectivity index (χ2n) is 5.82. The van der Waals surface area contributed by atoms with Crippen LogP contribution in [0.1, 0.15) is 30.6 Å². The number of hydrogen-bond donors (Lipinski definition) is 1. The number of benzene rings is 1. The first-order valence-corrected chi connectivity index (χ1v) is 9.42. The lowest BCUT2D eigenvalue weighted by Gasteiger charge is -2.22. The molecule has 0 unspecified atom stereocenters. The first-order chi connectivity index (χ1) is 11.1. The van der Waals surface area contributed by atoms with Crippen molar-refractivity contribution in [2.45, 2.75) is 20.3 Å². The first kappa shape index (κ1) is 20.0. The number of sulfonamides is 1. The number of carbonyl (C=O) groups is 2. The summed E-state index contributed by atoms with van der Waals surface area (Å²) in [6.07, 6.45) is 1.49. The smallest absolute Gasteiger partial charge is 0.337 e. The van der Waals surface area contributed by atoms with Crippen LogP contribution in [0.3, 0.4) is 0 Å². The highest BCUT2D eigenvalue weighted by Gasteiger charge is 2.18. The van der Waals surface area contributed by atoms with Crippen molar-refractivity contribution in [3.05, 3.63) is 29.8 Å². The van der Waals surface area contributed by atoms with Gasteiger partial charge in [-0.2, -0.15) is 0 Å². The van der Waals surface area contributed by atoms with Crippen molar-refractivity contribution in [2.24, 2.45) is 5.92 Å². The molecule has 7 nitrogen and oxygen atoms in total. The van der Waals surface area contributed by atoms with Crippen molar-refractivity contribution in [3.63, 3.8) is 0 Å². The van der Waals surface area contributed by atoms with Crippen molar-refractivity contribution in [1.82, 2.24) is 5.32 Å². The fourth-order valence-corrected chi connectivity index (χ4v) is 3.04. The Morgan fingerprint density at radius 3 is 2.25 bits per heavy atom. The summed E-state index contributed by atoms with van der Waals surface area (Å²) in [7, 11) is -2.24. The van der Waals surface area contributed by atoms with E-state index in [-0.39, 0.29) is 24.9 Å². The van der Waals surface area contributed by atoms with Crippen molar-refractivity contribution in [2.75, 3.05) is 30.8 Å². The second-order valence-corrected chi connectivity index (χ2v) is 7.73. The van der Waals surface area contributed by atoms with Gasteiger partial charge in [-0.3, -0.25) is 9.10 Å². The number of hydrogen-bond acceptors (Lipinski definition) is 5. The van der Waals surface area contributed by atoms with Crippen LogP contribution in [-0.2, 0) is 19.6 Å². The Kier molecular flexibility index (Phi) is 7.21. The average Bonchev–Trinajstić information content (AvgIpc) is 2.49. The van der Waals surface area contributed by atoms with E-state index in [1.807, 2.05) is 13.8 Å². The molecule has 0 aliphatic carbocycles. The zero-order valence-corrected chi connectivity index (χ0v) is 15.2. The Balaban J connectivity index is 2.80. The van der Waals surface area contributed by atoms with Crippen LogP contribution in [-0.4, -0.2) is 46.7 Å². The molecule has 134 valence electrons. The molecule has 0 radical (unpaired) electrons. The number of ether oxygens (including phenoxy) is 1. The van der Waals surface area contributed by atoms with E-state index in [0.717, 1.165) is 6.26 Å². The molecule has 0 aliphatic heterocycles. The summed E-state index contributed by atoms with van der Waals surface area (Å²) < 4.78 is 29.8. The van der Waals surface area contributed by atoms with Crippen LogP contribution in [0.2, 0.25) is 0 Å². The average molecular weight is 356 g/mol. The molecule has 1 aromatic carbocycles. The Labute approximate surface area is 143 Å². The molecule has 1 amide bonds. The quantitative estimate of drug-likeness (QED) is 0.711. The maximum atomic E-state index is 12.0. The minimum atomic E-state index is -3.51. The Bertz CT molecular complexity index is 668. The summed E-state index contributed by atoms with van der Waals surface area (Å²) in [6, 6.07) is 6.06. The van der Waals surface area contributed by atoms with Gasteiger partial charge in [0.1, 0.15) is 0 Å². The molecule has 0 heterocycles. The molecule has 0 aliphatic rings. The molecule has 24 heavy (non-hydrogen) atoms. The molecule has 0 spiro atoms. The van der Waals surface area contributed by atoms with E-state index in [0.29, 0.717) is 17.7 Å². The zero-order chi connectivity index (χ0) is 18.3. The second kappa shape index (κ2) is 8.68. The Hall–Kier alpha value is -2.09. The van der Waals surface area contributed by atoms with Gasteiger partial charge in [0.05, 0.1) is 31.2 Å². The van der Waals surface area contributed by atoms with Crippen LogP contribution in [0.5, 0.6) is 0 Å². The SMILES string of the molecule is COC(=O)c1ccc(N(CCNC(=O)CC(C)C)S(C)(=O)=O)cc1. The molecule has 0 bridgehead atoms. The molecule has 0 atom stereocenters. The number of amides is 1. The highest BCUT2D eigenvalue weighted by atomic mass is 32.2. The number of anilines is 1. The van der Waals surface area contributed by atoms with Gasteiger partial charge in [0.25, 0.3) is 0 Å². The summed E-state index contributed by atoms with van der Waals surface area (Å²) in [5.74, 6) is -0.366. The fraction of sp³-hybridized carbons (Fsp3) is 0.500. The molecule has 1 N–H and O–H groups in total. The molecular weight excluding hydrogens is 332 g/mol. The zero-order valence-electron chi connectivity index (χ0n) is 14.4. The molecule has 0 fully saturated rings. The number of methoxy groups -OCH3 is 1. The van der Waals surface area contributed by atoms with E-state index in [2.05, 4.69) is 10.1 Å². The van der Waals surface area contributed by atoms with E-state index in [1.54, 1.807) is 0 Å². The van der Waals surface area contributed by atoms with Crippen LogP contribution in [0.4, 0.5) is 5.69 Å². The fourth-order valence-electron chi connectivity index (χ4n) is 2.11. The van der Waals surface area contributed by atoms with E-state index < -0.39 is 16.0 Å². The minimum Gasteiger partial charge on any atom is -0.465 e. The number of nitrogens with zero attached hydrogens (tertiary/aromatic N) is 1. The van der Waals surface area contributed by atoms with E-state index >= 15 is 0 Å². The van der Waals surface area contributed by atoms with Gasteiger partial charge < -0.3 is 10.1 Å². The first-order valence-electron chi connectivity index (χ1n) is 7.58. The normalized spacial score (nSPS) is 11.2.